The number of benzene rings is 3. The zero-order valence-electron chi connectivity index (χ0n) is 49.7. The van der Waals surface area contributed by atoms with E-state index in [2.05, 4.69) is 31.2 Å². The molecule has 3 aromatic carbocycles. The number of nitrogens with two attached hydrogens (primary N) is 1. The topological polar surface area (TPSA) is 333 Å². The Labute approximate surface area is 504 Å². The minimum Gasteiger partial charge on any atom is -0.391 e. The number of ether oxygens (including phenoxy) is 1. The van der Waals surface area contributed by atoms with Gasteiger partial charge in [-0.05, 0) is 122 Å². The summed E-state index contributed by atoms with van der Waals surface area (Å²) in [7, 11) is -5.05. The van der Waals surface area contributed by atoms with Crippen molar-refractivity contribution >= 4 is 76.7 Å². The monoisotopic (exact) mass is 1220 g/mol. The molecule has 0 radical (unpaired) electrons. The molecule has 8 rings (SSSR count). The second-order valence-electron chi connectivity index (χ2n) is 24.7. The molecule has 3 fully saturated rings. The van der Waals surface area contributed by atoms with Gasteiger partial charge in [0.15, 0.2) is 0 Å². The maximum atomic E-state index is 14.4. The second-order valence-corrected chi connectivity index (χ2v) is 27.0. The highest BCUT2D eigenvalue weighted by molar-refractivity contribution is 7.70. The van der Waals surface area contributed by atoms with E-state index in [1.165, 1.54) is 34.1 Å². The largest absolute Gasteiger partial charge is 0.396 e. The standard InChI is InChI=1S/C62H80N9O13PS/c1-34(2)24-49(68-56(75)48-27-42-25-41(20-21-47(42)66-48)61(80)85(81,82)83)59(78)71-30-43-26-45(43)53(71)58(77)67-46(22-23-51(63)73)36(4)84-32-39-14-12-37(13-15-39)10-8-9-11-52(74)69-55(62(5,6)7)60(79)70-31-44(72)28-50(70)57(76)64-29-38-16-18-40(19-17-38)54-35(3)65-33-86-54/h12-21,25,27,33-34,36,43-46,49-50,53,55,66,72H,8-11,22-24,26,28-32H2,1-7H3,(H2,63,73)(H,64,76)(H,67,77)(H,68,75)(H,69,74)(H2,81,82,83)/t36-,43-,44-,45-,46+,49+,50+,53+,55-/m1/s1. The highest BCUT2D eigenvalue weighted by Gasteiger charge is 2.58. The third-order valence-corrected chi connectivity index (χ3v) is 18.1. The van der Waals surface area contributed by atoms with Gasteiger partial charge in [0, 0.05) is 55.4 Å². The fourth-order valence-electron chi connectivity index (χ4n) is 11.5. The molecule has 3 aliphatic rings. The van der Waals surface area contributed by atoms with Crippen molar-refractivity contribution in [1.29, 1.82) is 0 Å². The van der Waals surface area contributed by atoms with Gasteiger partial charge in [-0.3, -0.25) is 42.9 Å². The first-order valence-corrected chi connectivity index (χ1v) is 31.8. The van der Waals surface area contributed by atoms with Crippen LogP contribution < -0.4 is 27.0 Å². The number of piperidine rings is 1. The predicted octanol–water partition coefficient (Wildman–Crippen LogP) is 5.79. The minimum absolute atomic E-state index is 0.0258. The van der Waals surface area contributed by atoms with Crippen molar-refractivity contribution in [1.82, 2.24) is 41.0 Å². The SMILES string of the molecule is Cc1ncsc1-c1ccc(CNC(=O)[C@@H]2C[C@@H](O)CN2C(=O)[C@@H](NC(=O)CCCCc2ccc(CO[C@H](C)[C@H](CCC(N)=O)NC(=O)[C@@H]3[C@@H]4C[C@@H]4CN3C(=O)[C@H](CC(C)C)NC(=O)c3cc4cc(C(=O)P(=O)(O)O)ccc4[nH]3)cc2)C(C)(C)C)cc1. The number of hydrogen-bond donors (Lipinski definition) is 9. The molecule has 4 heterocycles. The van der Waals surface area contributed by atoms with Gasteiger partial charge in [-0.15, -0.1) is 11.3 Å². The first kappa shape index (κ1) is 64.8. The molecule has 10 N–H and O–H groups in total. The molecule has 86 heavy (non-hydrogen) atoms. The van der Waals surface area contributed by atoms with Crippen LogP contribution in [0.3, 0.4) is 0 Å². The first-order chi connectivity index (χ1) is 40.6. The minimum atomic E-state index is -5.05. The summed E-state index contributed by atoms with van der Waals surface area (Å²) in [6.45, 7) is 13.8. The fourth-order valence-corrected chi connectivity index (χ4v) is 12.8. The third-order valence-electron chi connectivity index (χ3n) is 16.4. The number of thiazole rings is 1. The van der Waals surface area contributed by atoms with Crippen LogP contribution in [0.1, 0.15) is 136 Å². The van der Waals surface area contributed by atoms with E-state index in [9.17, 15) is 57.8 Å². The number of nitrogens with one attached hydrogen (secondary N) is 5. The molecular weight excluding hydrogens is 1140 g/mol. The molecule has 1 saturated carbocycles. The van der Waals surface area contributed by atoms with Gasteiger partial charge in [0.2, 0.25) is 35.4 Å². The number of hydrogen-bond acceptors (Lipinski definition) is 13. The molecule has 22 nitrogen and oxygen atoms in total. The van der Waals surface area contributed by atoms with Crippen molar-refractivity contribution in [3.63, 3.8) is 0 Å². The maximum absolute atomic E-state index is 14.4. The molecule has 462 valence electrons. The number of fused-ring (bicyclic) bond motifs is 2. The number of rotatable bonds is 27. The highest BCUT2D eigenvalue weighted by Crippen LogP contribution is 2.50. The van der Waals surface area contributed by atoms with Gasteiger partial charge < -0.3 is 61.4 Å². The van der Waals surface area contributed by atoms with Crippen LogP contribution >= 0.6 is 18.9 Å². The molecule has 1 aliphatic carbocycles. The zero-order valence-corrected chi connectivity index (χ0v) is 51.4. The van der Waals surface area contributed by atoms with Crippen LogP contribution in [0.4, 0.5) is 0 Å². The maximum Gasteiger partial charge on any atom is 0.396 e. The molecule has 5 aromatic rings. The number of carbonyl (C=O) groups is 8. The number of aromatic amines is 1. The quantitative estimate of drug-likeness (QED) is 0.0222. The van der Waals surface area contributed by atoms with Gasteiger partial charge in [-0.25, -0.2) is 4.98 Å². The van der Waals surface area contributed by atoms with Crippen LogP contribution in [0, 0.1) is 30.1 Å². The number of unbranched alkanes of at least 4 members (excludes halogenated alkanes) is 1. The van der Waals surface area contributed by atoms with Crippen LogP contribution in [0.2, 0.25) is 0 Å². The lowest BCUT2D eigenvalue weighted by molar-refractivity contribution is -0.144. The van der Waals surface area contributed by atoms with E-state index in [4.69, 9.17) is 10.5 Å². The lowest BCUT2D eigenvalue weighted by Gasteiger charge is -2.35. The van der Waals surface area contributed by atoms with Gasteiger partial charge in [-0.1, -0.05) is 83.1 Å². The smallest absolute Gasteiger partial charge is 0.391 e. The number of amides is 7. The summed E-state index contributed by atoms with van der Waals surface area (Å²) < 4.78 is 17.9. The van der Waals surface area contributed by atoms with Gasteiger partial charge in [0.05, 0.1) is 40.9 Å². The van der Waals surface area contributed by atoms with E-state index < -0.39 is 90.5 Å². The van der Waals surface area contributed by atoms with Crippen molar-refractivity contribution in [2.45, 2.75) is 162 Å². The summed E-state index contributed by atoms with van der Waals surface area (Å²) in [6.07, 6.45) is 1.85. The van der Waals surface area contributed by atoms with Gasteiger partial charge in [0.25, 0.3) is 11.4 Å². The number of nitrogens with zero attached hydrogens (tertiary/aromatic N) is 3. The van der Waals surface area contributed by atoms with Crippen LogP contribution in [0.5, 0.6) is 0 Å². The van der Waals surface area contributed by atoms with Crippen molar-refractivity contribution in [2.24, 2.45) is 28.9 Å². The third kappa shape index (κ3) is 16.5. The molecule has 2 aromatic heterocycles. The van der Waals surface area contributed by atoms with E-state index in [0.717, 1.165) is 39.2 Å². The summed E-state index contributed by atoms with van der Waals surface area (Å²) in [5, 5.41) is 22.8. The molecule has 7 amide bonds. The predicted molar refractivity (Wildman–Crippen MR) is 323 cm³/mol. The summed E-state index contributed by atoms with van der Waals surface area (Å²) in [6, 6.07) is 16.7. The van der Waals surface area contributed by atoms with E-state index >= 15 is 0 Å². The number of primary amides is 1. The van der Waals surface area contributed by atoms with Crippen molar-refractivity contribution < 1.29 is 62.6 Å². The second kappa shape index (κ2) is 27.7. The number of H-pyrrole nitrogens is 1. The number of aromatic nitrogens is 2. The van der Waals surface area contributed by atoms with E-state index in [-0.39, 0.29) is 92.6 Å². The Morgan fingerprint density at radius 3 is 2.19 bits per heavy atom. The van der Waals surface area contributed by atoms with Crippen molar-refractivity contribution in [3.05, 3.63) is 112 Å². The molecule has 2 saturated heterocycles. The molecular formula is C62H80N9O13PS. The molecule has 24 heteroatoms. The highest BCUT2D eigenvalue weighted by atomic mass is 32.1. The molecule has 2 aliphatic heterocycles. The summed E-state index contributed by atoms with van der Waals surface area (Å²) in [5.74, 6) is -3.14. The number of likely N-dealkylation sites (tertiary alicyclic amines) is 2. The van der Waals surface area contributed by atoms with Crippen LogP contribution in [0.25, 0.3) is 21.3 Å². The Bertz CT molecular complexity index is 3360. The summed E-state index contributed by atoms with van der Waals surface area (Å²) in [5.41, 5.74) is 10.3. The van der Waals surface area contributed by atoms with E-state index in [1.807, 2.05) is 90.1 Å². The average Bonchev–Trinajstić information content (AvgIpc) is 1.71. The van der Waals surface area contributed by atoms with Gasteiger partial charge in [0.1, 0.15) is 29.9 Å². The number of β-amino-alcohol motifs (C(OH)–C–C–N with tert-alkyl or cyclic N) is 1. The molecule has 0 unspecified atom stereocenters. The fraction of sp³-hybridized carbons (Fsp3) is 0.500. The normalized spacial score (nSPS) is 19.8. The van der Waals surface area contributed by atoms with Crippen LogP contribution in [0.15, 0.2) is 78.3 Å². The van der Waals surface area contributed by atoms with Crippen molar-refractivity contribution in [2.75, 3.05) is 13.1 Å². The molecule has 0 spiro atoms. The lowest BCUT2D eigenvalue weighted by Crippen LogP contribution is -2.57. The summed E-state index contributed by atoms with van der Waals surface area (Å²) in [4.78, 5) is 138. The number of aliphatic hydroxyl groups is 1. The Morgan fingerprint density at radius 2 is 1.53 bits per heavy atom. The number of aryl methyl sites for hydroxylation is 2. The Kier molecular flexibility index (Phi) is 20.9. The van der Waals surface area contributed by atoms with Crippen molar-refractivity contribution in [3.8, 4) is 10.4 Å². The summed E-state index contributed by atoms with van der Waals surface area (Å²) >= 11 is 1.56. The van der Waals surface area contributed by atoms with Gasteiger partial charge in [-0.2, -0.15) is 0 Å². The molecule has 9 atom stereocenters. The Hall–Kier alpha value is -7.14. The molecule has 0 bridgehead atoms. The van der Waals surface area contributed by atoms with Crippen LogP contribution in [-0.2, 0) is 57.6 Å². The lowest BCUT2D eigenvalue weighted by atomic mass is 9.85. The average molecular weight is 1220 g/mol. The number of carbonyl (C=O) groups excluding carboxylic acids is 8. The van der Waals surface area contributed by atoms with Gasteiger partial charge >= 0.3 is 7.60 Å². The zero-order chi connectivity index (χ0) is 62.4. The van der Waals surface area contributed by atoms with E-state index in [0.29, 0.717) is 36.7 Å². The van der Waals surface area contributed by atoms with Crippen LogP contribution in [-0.4, -0.2) is 137 Å². The van der Waals surface area contributed by atoms with E-state index in [1.54, 1.807) is 23.8 Å². The Morgan fingerprint density at radius 1 is 0.837 bits per heavy atom. The Balaban J connectivity index is 0.800. The number of aliphatic hydroxyl groups excluding tert-OH is 1. The first-order valence-electron chi connectivity index (χ1n) is 29.3.